The summed E-state index contributed by atoms with van der Waals surface area (Å²) in [6.45, 7) is 2.09. The molecule has 4 aliphatic rings. The van der Waals surface area contributed by atoms with Crippen LogP contribution in [0.1, 0.15) is 36.0 Å². The van der Waals surface area contributed by atoms with E-state index in [1.807, 2.05) is 4.90 Å². The Morgan fingerprint density at radius 1 is 1.14 bits per heavy atom. The second kappa shape index (κ2) is 6.67. The van der Waals surface area contributed by atoms with Crippen LogP contribution in [-0.4, -0.2) is 82.0 Å². The molecule has 5 rings (SSSR count). The highest BCUT2D eigenvalue weighted by Gasteiger charge is 2.57. The number of hydrogen-bond donors (Lipinski definition) is 0. The third-order valence-corrected chi connectivity index (χ3v) is 6.65. The van der Waals surface area contributed by atoms with Crippen molar-refractivity contribution in [3.63, 3.8) is 0 Å². The number of piperazine rings is 1. The number of carbonyl (C=O) groups is 3. The van der Waals surface area contributed by atoms with Crippen LogP contribution >= 0.6 is 0 Å². The normalized spacial score (nSPS) is 25.8. The molecule has 1 aromatic heterocycles. The van der Waals surface area contributed by atoms with Crippen LogP contribution < -0.4 is 0 Å². The Hall–Kier alpha value is -2.71. The molecule has 4 heterocycles. The van der Waals surface area contributed by atoms with E-state index in [1.165, 1.54) is 12.3 Å². The quantitative estimate of drug-likeness (QED) is 0.744. The van der Waals surface area contributed by atoms with Gasteiger partial charge in [0.1, 0.15) is 5.60 Å². The minimum atomic E-state index is -0.701. The first-order valence-corrected chi connectivity index (χ1v) is 10.2. The summed E-state index contributed by atoms with van der Waals surface area (Å²) in [6.07, 6.45) is 5.11. The first kappa shape index (κ1) is 18.3. The van der Waals surface area contributed by atoms with Crippen molar-refractivity contribution in [2.45, 2.75) is 37.3 Å². The number of pyridine rings is 1. The topological polar surface area (TPSA) is 83.1 Å². The van der Waals surface area contributed by atoms with E-state index >= 15 is 0 Å². The number of halogens is 1. The van der Waals surface area contributed by atoms with Crippen LogP contribution in [0, 0.1) is 11.7 Å². The smallest absolute Gasteiger partial charge is 0.410 e. The molecule has 4 fully saturated rings. The summed E-state index contributed by atoms with van der Waals surface area (Å²) in [7, 11) is 0. The number of likely N-dealkylation sites (tertiary alicyclic amines) is 1. The summed E-state index contributed by atoms with van der Waals surface area (Å²) in [5, 5.41) is 0. The van der Waals surface area contributed by atoms with Crippen LogP contribution in [0.3, 0.4) is 0 Å². The maximum atomic E-state index is 14.0. The lowest BCUT2D eigenvalue weighted by atomic mass is 9.82. The van der Waals surface area contributed by atoms with Crippen molar-refractivity contribution in [3.8, 4) is 0 Å². The van der Waals surface area contributed by atoms with Crippen LogP contribution in [0.4, 0.5) is 9.18 Å². The Morgan fingerprint density at radius 3 is 2.59 bits per heavy atom. The Bertz CT molecular complexity index is 866. The molecule has 0 bridgehead atoms. The first-order valence-electron chi connectivity index (χ1n) is 10.2. The van der Waals surface area contributed by atoms with Gasteiger partial charge in [0.05, 0.1) is 17.8 Å². The van der Waals surface area contributed by atoms with Crippen LogP contribution in [0.25, 0.3) is 0 Å². The molecular weight excluding hydrogens is 379 g/mol. The van der Waals surface area contributed by atoms with Gasteiger partial charge >= 0.3 is 6.09 Å². The monoisotopic (exact) mass is 402 g/mol. The lowest BCUT2D eigenvalue weighted by Crippen LogP contribution is -2.61. The minimum absolute atomic E-state index is 0.0161. The van der Waals surface area contributed by atoms with Gasteiger partial charge < -0.3 is 14.5 Å². The fourth-order valence-electron chi connectivity index (χ4n) is 4.79. The van der Waals surface area contributed by atoms with Gasteiger partial charge in [0.2, 0.25) is 5.91 Å². The number of rotatable bonds is 2. The van der Waals surface area contributed by atoms with Crippen molar-refractivity contribution < 1.29 is 23.5 Å². The van der Waals surface area contributed by atoms with Crippen LogP contribution in [0.15, 0.2) is 18.5 Å². The number of nitrogens with zero attached hydrogens (tertiary/aromatic N) is 4. The lowest BCUT2D eigenvalue weighted by Gasteiger charge is -2.45. The molecule has 9 heteroatoms. The maximum absolute atomic E-state index is 14.0. The van der Waals surface area contributed by atoms with Gasteiger partial charge in [0.15, 0.2) is 5.82 Å². The molecule has 3 amide bonds. The van der Waals surface area contributed by atoms with Gasteiger partial charge in [-0.1, -0.05) is 0 Å². The largest absolute Gasteiger partial charge is 0.440 e. The standard InChI is InChI=1S/C20H23FN4O4/c21-15-11-22-6-3-14(15)18(27)24-9-10-25-16(12-24)20(29-19(25)28)4-7-23(8-5-20)17(26)13-1-2-13/h3,6,11,13,16H,1-2,4-5,7-10,12H2. The highest BCUT2D eigenvalue weighted by molar-refractivity contribution is 5.94. The van der Waals surface area contributed by atoms with Gasteiger partial charge in [0.25, 0.3) is 5.91 Å². The third kappa shape index (κ3) is 3.03. The summed E-state index contributed by atoms with van der Waals surface area (Å²) >= 11 is 0. The van der Waals surface area contributed by atoms with Crippen molar-refractivity contribution in [2.75, 3.05) is 32.7 Å². The molecule has 1 spiro atoms. The van der Waals surface area contributed by atoms with E-state index in [2.05, 4.69) is 4.98 Å². The Kier molecular flexibility index (Phi) is 4.22. The summed E-state index contributed by atoms with van der Waals surface area (Å²) < 4.78 is 19.9. The Morgan fingerprint density at radius 2 is 1.90 bits per heavy atom. The molecule has 0 aromatic carbocycles. The average molecular weight is 402 g/mol. The number of ether oxygens (including phenoxy) is 1. The Balaban J connectivity index is 1.32. The molecule has 154 valence electrons. The molecule has 3 saturated heterocycles. The average Bonchev–Trinajstić information content (AvgIpc) is 3.55. The molecule has 1 atom stereocenters. The van der Waals surface area contributed by atoms with Gasteiger partial charge in [-0.25, -0.2) is 9.18 Å². The predicted molar refractivity (Wildman–Crippen MR) is 98.3 cm³/mol. The molecule has 0 N–H and O–H groups in total. The molecule has 3 aliphatic heterocycles. The molecule has 0 radical (unpaired) electrons. The number of hydrogen-bond acceptors (Lipinski definition) is 5. The molecule has 1 saturated carbocycles. The van der Waals surface area contributed by atoms with Gasteiger partial charge in [-0.2, -0.15) is 0 Å². The summed E-state index contributed by atoms with van der Waals surface area (Å²) in [5.74, 6) is -0.681. The number of aromatic nitrogens is 1. The number of piperidine rings is 1. The zero-order valence-electron chi connectivity index (χ0n) is 16.1. The fourth-order valence-corrected chi connectivity index (χ4v) is 4.79. The highest BCUT2D eigenvalue weighted by Crippen LogP contribution is 2.41. The van der Waals surface area contributed by atoms with E-state index in [0.29, 0.717) is 45.6 Å². The SMILES string of the molecule is O=C(c1ccncc1F)N1CCN2C(=O)OC3(CCN(C(=O)C4CC4)CC3)C2C1. The number of amides is 3. The molecule has 29 heavy (non-hydrogen) atoms. The second-order valence-electron chi connectivity index (χ2n) is 8.35. The van der Waals surface area contributed by atoms with E-state index in [9.17, 15) is 18.8 Å². The van der Waals surface area contributed by atoms with Gasteiger partial charge in [-0.15, -0.1) is 0 Å². The van der Waals surface area contributed by atoms with E-state index in [0.717, 1.165) is 19.0 Å². The zero-order valence-corrected chi connectivity index (χ0v) is 16.1. The molecular formula is C20H23FN4O4. The van der Waals surface area contributed by atoms with Crippen molar-refractivity contribution >= 4 is 17.9 Å². The Labute approximate surface area is 167 Å². The van der Waals surface area contributed by atoms with Crippen molar-refractivity contribution in [1.29, 1.82) is 0 Å². The molecule has 8 nitrogen and oxygen atoms in total. The van der Waals surface area contributed by atoms with Crippen molar-refractivity contribution in [1.82, 2.24) is 19.7 Å². The van der Waals surface area contributed by atoms with Gasteiger partial charge in [0, 0.05) is 57.7 Å². The first-order chi connectivity index (χ1) is 14.0. The van der Waals surface area contributed by atoms with Crippen LogP contribution in [0.5, 0.6) is 0 Å². The van der Waals surface area contributed by atoms with E-state index in [-0.39, 0.29) is 29.5 Å². The maximum Gasteiger partial charge on any atom is 0.410 e. The third-order valence-electron chi connectivity index (χ3n) is 6.65. The van der Waals surface area contributed by atoms with E-state index in [4.69, 9.17) is 4.74 Å². The van der Waals surface area contributed by atoms with Crippen LogP contribution in [-0.2, 0) is 9.53 Å². The van der Waals surface area contributed by atoms with E-state index < -0.39 is 17.3 Å². The number of fused-ring (bicyclic) bond motifs is 2. The predicted octanol–water partition coefficient (Wildman–Crippen LogP) is 1.27. The minimum Gasteiger partial charge on any atom is -0.440 e. The summed E-state index contributed by atoms with van der Waals surface area (Å²) in [5.41, 5.74) is -0.717. The van der Waals surface area contributed by atoms with E-state index in [1.54, 1.807) is 9.80 Å². The molecule has 1 aliphatic carbocycles. The summed E-state index contributed by atoms with van der Waals surface area (Å²) in [4.78, 5) is 46.5. The molecule has 1 aromatic rings. The van der Waals surface area contributed by atoms with Crippen LogP contribution in [0.2, 0.25) is 0 Å². The van der Waals surface area contributed by atoms with Gasteiger partial charge in [-0.05, 0) is 18.9 Å². The van der Waals surface area contributed by atoms with Crippen molar-refractivity contribution in [3.05, 3.63) is 29.8 Å². The second-order valence-corrected chi connectivity index (χ2v) is 8.35. The highest BCUT2D eigenvalue weighted by atomic mass is 19.1. The summed E-state index contributed by atoms with van der Waals surface area (Å²) in [6, 6.07) is 1.09. The van der Waals surface area contributed by atoms with Crippen molar-refractivity contribution in [2.24, 2.45) is 5.92 Å². The number of carbonyl (C=O) groups excluding carboxylic acids is 3. The lowest BCUT2D eigenvalue weighted by molar-refractivity contribution is -0.136. The molecule has 1 unspecified atom stereocenters. The van der Waals surface area contributed by atoms with Gasteiger partial charge in [-0.3, -0.25) is 19.5 Å². The zero-order chi connectivity index (χ0) is 20.2. The fraction of sp³-hybridized carbons (Fsp3) is 0.600.